The lowest BCUT2D eigenvalue weighted by Crippen LogP contribution is -2.22. The van der Waals surface area contributed by atoms with Gasteiger partial charge in [0.2, 0.25) is 0 Å². The van der Waals surface area contributed by atoms with Gasteiger partial charge in [-0.25, -0.2) is 0 Å². The molecule has 7 heteroatoms. The van der Waals surface area contributed by atoms with Crippen molar-refractivity contribution in [3.8, 4) is 0 Å². The highest BCUT2D eigenvalue weighted by Gasteiger charge is 2.17. The zero-order valence-electron chi connectivity index (χ0n) is 11.3. The van der Waals surface area contributed by atoms with Gasteiger partial charge in [-0.1, -0.05) is 23.7 Å². The molecule has 0 bridgehead atoms. The third-order valence-corrected chi connectivity index (χ3v) is 3.31. The van der Waals surface area contributed by atoms with E-state index in [-0.39, 0.29) is 6.61 Å². The number of carbonyl (C=O) groups excluding carboxylic acids is 1. The summed E-state index contributed by atoms with van der Waals surface area (Å²) >= 11 is 5.79. The molecule has 112 valence electrons. The van der Waals surface area contributed by atoms with E-state index in [0.717, 1.165) is 11.8 Å². The van der Waals surface area contributed by atoms with Crippen molar-refractivity contribution in [1.29, 1.82) is 0 Å². The summed E-state index contributed by atoms with van der Waals surface area (Å²) in [5.74, 6) is -0.408. The van der Waals surface area contributed by atoms with Gasteiger partial charge in [0.05, 0.1) is 19.0 Å². The summed E-state index contributed by atoms with van der Waals surface area (Å²) in [5, 5.41) is 0.606. The largest absolute Gasteiger partial charge is 0.466 e. The van der Waals surface area contributed by atoms with Crippen LogP contribution in [-0.4, -0.2) is 33.4 Å². The van der Waals surface area contributed by atoms with Gasteiger partial charge in [0, 0.05) is 24.8 Å². The molecule has 20 heavy (non-hydrogen) atoms. The van der Waals surface area contributed by atoms with Crippen molar-refractivity contribution < 1.29 is 22.1 Å². The normalized spacial score (nSPS) is 12.9. The summed E-state index contributed by atoms with van der Waals surface area (Å²) in [6.07, 6.45) is 1.11. The number of rotatable bonds is 7. The van der Waals surface area contributed by atoms with Crippen molar-refractivity contribution in [2.24, 2.45) is 0 Å². The van der Waals surface area contributed by atoms with Crippen molar-refractivity contribution in [2.45, 2.75) is 25.9 Å². The SMILES string of the molecule is CC(=O)OCCC(Cc1ccc(Cl)cc1)OS(C)(=O)=O. The van der Waals surface area contributed by atoms with Gasteiger partial charge >= 0.3 is 5.97 Å². The summed E-state index contributed by atoms with van der Waals surface area (Å²) in [7, 11) is -3.57. The van der Waals surface area contributed by atoms with E-state index >= 15 is 0 Å². The number of esters is 1. The van der Waals surface area contributed by atoms with Crippen LogP contribution >= 0.6 is 11.6 Å². The van der Waals surface area contributed by atoms with Gasteiger partial charge in [0.25, 0.3) is 10.1 Å². The molecule has 0 N–H and O–H groups in total. The zero-order chi connectivity index (χ0) is 15.2. The zero-order valence-corrected chi connectivity index (χ0v) is 12.9. The molecule has 0 saturated carbocycles. The van der Waals surface area contributed by atoms with E-state index in [2.05, 4.69) is 0 Å². The Bertz CT molecular complexity index is 538. The molecular weight excluding hydrogens is 304 g/mol. The third kappa shape index (κ3) is 7.47. The first-order chi connectivity index (χ1) is 9.26. The Balaban J connectivity index is 2.66. The fourth-order valence-electron chi connectivity index (χ4n) is 1.65. The smallest absolute Gasteiger partial charge is 0.302 e. The second-order valence-electron chi connectivity index (χ2n) is 4.38. The highest BCUT2D eigenvalue weighted by atomic mass is 35.5. The minimum absolute atomic E-state index is 0.114. The van der Waals surface area contributed by atoms with Crippen LogP contribution < -0.4 is 0 Å². The molecule has 0 aliphatic rings. The second kappa shape index (κ2) is 7.61. The molecule has 0 aliphatic carbocycles. The minimum atomic E-state index is -3.57. The van der Waals surface area contributed by atoms with Gasteiger partial charge in [-0.2, -0.15) is 8.42 Å². The van der Waals surface area contributed by atoms with E-state index < -0.39 is 22.2 Å². The molecule has 0 saturated heterocycles. The van der Waals surface area contributed by atoms with Gasteiger partial charge in [-0.05, 0) is 17.7 Å². The van der Waals surface area contributed by atoms with E-state index in [0.29, 0.717) is 17.9 Å². The molecule has 0 fully saturated rings. The monoisotopic (exact) mass is 320 g/mol. The van der Waals surface area contributed by atoms with Crippen LogP contribution in [-0.2, 0) is 30.3 Å². The van der Waals surface area contributed by atoms with E-state index in [1.54, 1.807) is 24.3 Å². The average Bonchev–Trinajstić information content (AvgIpc) is 2.29. The standard InChI is InChI=1S/C13H17ClO5S/c1-10(15)18-8-7-13(19-20(2,16)17)9-11-3-5-12(14)6-4-11/h3-6,13H,7-9H2,1-2H3. The maximum Gasteiger partial charge on any atom is 0.302 e. The van der Waals surface area contributed by atoms with Crippen molar-refractivity contribution in [3.05, 3.63) is 34.9 Å². The predicted octanol–water partition coefficient (Wildman–Crippen LogP) is 2.18. The molecule has 0 heterocycles. The Kier molecular flexibility index (Phi) is 6.45. The third-order valence-electron chi connectivity index (χ3n) is 2.43. The lowest BCUT2D eigenvalue weighted by atomic mass is 10.1. The first-order valence-corrected chi connectivity index (χ1v) is 8.22. The number of ether oxygens (including phenoxy) is 1. The van der Waals surface area contributed by atoms with Crippen LogP contribution in [0.4, 0.5) is 0 Å². The van der Waals surface area contributed by atoms with Crippen molar-refractivity contribution in [1.82, 2.24) is 0 Å². The molecule has 0 aromatic heterocycles. The van der Waals surface area contributed by atoms with E-state index in [9.17, 15) is 13.2 Å². The van der Waals surface area contributed by atoms with Gasteiger partial charge in [0.15, 0.2) is 0 Å². The Morgan fingerprint density at radius 3 is 2.40 bits per heavy atom. The van der Waals surface area contributed by atoms with Crippen molar-refractivity contribution in [3.63, 3.8) is 0 Å². The molecule has 0 amide bonds. The first kappa shape index (κ1) is 16.9. The van der Waals surface area contributed by atoms with Gasteiger partial charge < -0.3 is 4.74 Å². The summed E-state index contributed by atoms with van der Waals surface area (Å²) in [6.45, 7) is 1.41. The van der Waals surface area contributed by atoms with Crippen LogP contribution in [0.1, 0.15) is 18.9 Å². The summed E-state index contributed by atoms with van der Waals surface area (Å²) < 4.78 is 32.3. The fourth-order valence-corrected chi connectivity index (χ4v) is 2.43. The fraction of sp³-hybridized carbons (Fsp3) is 0.462. The maximum atomic E-state index is 11.2. The van der Waals surface area contributed by atoms with Crippen LogP contribution in [0.5, 0.6) is 0 Å². The predicted molar refractivity (Wildman–Crippen MR) is 76.1 cm³/mol. The van der Waals surface area contributed by atoms with Crippen molar-refractivity contribution >= 4 is 27.7 Å². The Hall–Kier alpha value is -1.11. The number of halogens is 1. The minimum Gasteiger partial charge on any atom is -0.466 e. The Labute approximate surface area is 124 Å². The molecule has 0 spiro atoms. The van der Waals surface area contributed by atoms with E-state index in [1.807, 2.05) is 0 Å². The molecule has 1 atom stereocenters. The van der Waals surface area contributed by atoms with Crippen LogP contribution in [0.15, 0.2) is 24.3 Å². The molecule has 1 aromatic carbocycles. The van der Waals surface area contributed by atoms with Crippen LogP contribution in [0.25, 0.3) is 0 Å². The molecule has 0 aliphatic heterocycles. The highest BCUT2D eigenvalue weighted by molar-refractivity contribution is 7.86. The molecule has 5 nitrogen and oxygen atoms in total. The Morgan fingerprint density at radius 1 is 1.30 bits per heavy atom. The Morgan fingerprint density at radius 2 is 1.90 bits per heavy atom. The summed E-state index contributed by atoms with van der Waals surface area (Å²) in [4.78, 5) is 10.7. The number of hydrogen-bond acceptors (Lipinski definition) is 5. The molecule has 0 radical (unpaired) electrons. The van der Waals surface area contributed by atoms with E-state index in [1.165, 1.54) is 6.92 Å². The number of benzene rings is 1. The summed E-state index contributed by atoms with van der Waals surface area (Å²) in [5.41, 5.74) is 0.894. The van der Waals surface area contributed by atoms with Crippen molar-refractivity contribution in [2.75, 3.05) is 12.9 Å². The van der Waals surface area contributed by atoms with Gasteiger partial charge in [-0.3, -0.25) is 8.98 Å². The first-order valence-electron chi connectivity index (χ1n) is 6.02. The lowest BCUT2D eigenvalue weighted by Gasteiger charge is -2.16. The second-order valence-corrected chi connectivity index (χ2v) is 6.42. The van der Waals surface area contributed by atoms with E-state index in [4.69, 9.17) is 20.5 Å². The summed E-state index contributed by atoms with van der Waals surface area (Å²) in [6, 6.07) is 7.04. The number of hydrogen-bond donors (Lipinski definition) is 0. The van der Waals surface area contributed by atoms with Gasteiger partial charge in [0.1, 0.15) is 0 Å². The molecule has 1 rings (SSSR count). The van der Waals surface area contributed by atoms with Gasteiger partial charge in [-0.15, -0.1) is 0 Å². The number of carbonyl (C=O) groups is 1. The highest BCUT2D eigenvalue weighted by Crippen LogP contribution is 2.15. The quantitative estimate of drug-likeness (QED) is 0.569. The topological polar surface area (TPSA) is 69.7 Å². The van der Waals surface area contributed by atoms with Crippen LogP contribution in [0.3, 0.4) is 0 Å². The maximum absolute atomic E-state index is 11.2. The molecule has 1 unspecified atom stereocenters. The molecule has 1 aromatic rings. The molecular formula is C13H17ClO5S. The van der Waals surface area contributed by atoms with Crippen LogP contribution in [0, 0.1) is 0 Å². The lowest BCUT2D eigenvalue weighted by molar-refractivity contribution is -0.141. The average molecular weight is 321 g/mol. The van der Waals surface area contributed by atoms with Crippen LogP contribution in [0.2, 0.25) is 5.02 Å².